The minimum atomic E-state index is -0.586. The molecule has 0 aliphatic heterocycles. The minimum Gasteiger partial charge on any atom is -0.465 e. The summed E-state index contributed by atoms with van der Waals surface area (Å²) < 4.78 is 4.81. The molecule has 4 rings (SSSR count). The molecule has 0 saturated carbocycles. The lowest BCUT2D eigenvalue weighted by Crippen LogP contribution is -2.16. The van der Waals surface area contributed by atoms with Gasteiger partial charge < -0.3 is 10.1 Å². The van der Waals surface area contributed by atoms with Gasteiger partial charge in [-0.15, -0.1) is 0 Å². The number of methoxy groups -OCH3 is 1. The lowest BCUT2D eigenvalue weighted by atomic mass is 10.0. The highest BCUT2D eigenvalue weighted by Crippen LogP contribution is 2.27. The molecule has 0 saturated heterocycles. The standard InChI is InChI=1S/C24H17ClN2O3/c1-30-24(29)19-13-16(25)11-12-21(19)27-23(28)18-14-22(15-7-3-2-4-8-15)26-20-10-6-5-9-17(18)20/h2-14H,1H3,(H,27,28). The number of hydrogen-bond acceptors (Lipinski definition) is 4. The van der Waals surface area contributed by atoms with Crippen molar-refractivity contribution < 1.29 is 14.3 Å². The summed E-state index contributed by atoms with van der Waals surface area (Å²) in [6, 6.07) is 23.5. The van der Waals surface area contributed by atoms with Crippen molar-refractivity contribution in [1.29, 1.82) is 0 Å². The monoisotopic (exact) mass is 416 g/mol. The molecule has 0 radical (unpaired) electrons. The van der Waals surface area contributed by atoms with Gasteiger partial charge >= 0.3 is 5.97 Å². The zero-order valence-electron chi connectivity index (χ0n) is 16.1. The molecule has 6 heteroatoms. The summed E-state index contributed by atoms with van der Waals surface area (Å²) in [4.78, 5) is 30.0. The Morgan fingerprint density at radius 1 is 0.900 bits per heavy atom. The zero-order valence-corrected chi connectivity index (χ0v) is 16.8. The van der Waals surface area contributed by atoms with Gasteiger partial charge in [0.15, 0.2) is 0 Å². The normalized spacial score (nSPS) is 10.6. The van der Waals surface area contributed by atoms with Gasteiger partial charge in [-0.2, -0.15) is 0 Å². The molecule has 3 aromatic carbocycles. The average Bonchev–Trinajstić information content (AvgIpc) is 2.79. The Hall–Kier alpha value is -3.70. The van der Waals surface area contributed by atoms with E-state index in [4.69, 9.17) is 21.3 Å². The Morgan fingerprint density at radius 2 is 1.63 bits per heavy atom. The molecule has 1 amide bonds. The van der Waals surface area contributed by atoms with Crippen LogP contribution in [0.5, 0.6) is 0 Å². The van der Waals surface area contributed by atoms with E-state index in [-0.39, 0.29) is 11.5 Å². The van der Waals surface area contributed by atoms with Gasteiger partial charge in [-0.1, -0.05) is 60.1 Å². The maximum Gasteiger partial charge on any atom is 0.340 e. The molecule has 1 heterocycles. The van der Waals surface area contributed by atoms with Gasteiger partial charge in [0.2, 0.25) is 0 Å². The molecule has 0 aliphatic rings. The van der Waals surface area contributed by atoms with E-state index in [1.807, 2.05) is 54.6 Å². The Balaban J connectivity index is 1.80. The van der Waals surface area contributed by atoms with Crippen LogP contribution in [0.4, 0.5) is 5.69 Å². The van der Waals surface area contributed by atoms with Crippen molar-refractivity contribution in [3.8, 4) is 11.3 Å². The van der Waals surface area contributed by atoms with E-state index >= 15 is 0 Å². The molecule has 0 aliphatic carbocycles. The van der Waals surface area contributed by atoms with E-state index in [1.54, 1.807) is 18.2 Å². The van der Waals surface area contributed by atoms with Crippen LogP contribution < -0.4 is 5.32 Å². The number of nitrogens with zero attached hydrogens (tertiary/aromatic N) is 1. The molecular weight excluding hydrogens is 400 g/mol. The van der Waals surface area contributed by atoms with Crippen LogP contribution in [-0.4, -0.2) is 24.0 Å². The summed E-state index contributed by atoms with van der Waals surface area (Å²) >= 11 is 6.01. The fourth-order valence-corrected chi connectivity index (χ4v) is 3.39. The van der Waals surface area contributed by atoms with Gasteiger partial charge in [-0.05, 0) is 30.3 Å². The Kier molecular flexibility index (Phi) is 5.46. The molecular formula is C24H17ClN2O3. The first kappa shape index (κ1) is 19.6. The second-order valence-corrected chi connectivity index (χ2v) is 7.01. The van der Waals surface area contributed by atoms with Crippen LogP contribution in [0.25, 0.3) is 22.2 Å². The molecule has 0 atom stereocenters. The van der Waals surface area contributed by atoms with Gasteiger partial charge in [0, 0.05) is 16.0 Å². The maximum atomic E-state index is 13.2. The van der Waals surface area contributed by atoms with Gasteiger partial charge in [0.1, 0.15) is 0 Å². The van der Waals surface area contributed by atoms with Gasteiger partial charge in [-0.3, -0.25) is 4.79 Å². The Labute approximate surface area is 178 Å². The van der Waals surface area contributed by atoms with Crippen molar-refractivity contribution in [3.05, 3.63) is 95.0 Å². The number of pyridine rings is 1. The van der Waals surface area contributed by atoms with Crippen molar-refractivity contribution in [1.82, 2.24) is 4.98 Å². The number of para-hydroxylation sites is 1. The number of fused-ring (bicyclic) bond motifs is 1. The molecule has 0 fully saturated rings. The van der Waals surface area contributed by atoms with Gasteiger partial charge in [0.05, 0.1) is 35.1 Å². The molecule has 1 aromatic heterocycles. The molecule has 30 heavy (non-hydrogen) atoms. The summed E-state index contributed by atoms with van der Waals surface area (Å²) in [5, 5.41) is 3.89. The van der Waals surface area contributed by atoms with E-state index in [9.17, 15) is 9.59 Å². The molecule has 0 spiro atoms. The number of rotatable bonds is 4. The topological polar surface area (TPSA) is 68.3 Å². The first-order valence-electron chi connectivity index (χ1n) is 9.21. The van der Waals surface area contributed by atoms with Crippen LogP contribution in [0, 0.1) is 0 Å². The van der Waals surface area contributed by atoms with Crippen LogP contribution >= 0.6 is 11.6 Å². The number of carbonyl (C=O) groups excluding carboxylic acids is 2. The predicted molar refractivity (Wildman–Crippen MR) is 118 cm³/mol. The highest BCUT2D eigenvalue weighted by atomic mass is 35.5. The third-order valence-corrected chi connectivity index (χ3v) is 4.90. The van der Waals surface area contributed by atoms with E-state index in [0.717, 1.165) is 5.56 Å². The molecule has 4 aromatic rings. The third kappa shape index (κ3) is 3.88. The number of anilines is 1. The Bertz CT molecular complexity index is 1260. The number of amides is 1. The maximum absolute atomic E-state index is 13.2. The summed E-state index contributed by atoms with van der Waals surface area (Å²) in [6.45, 7) is 0. The molecule has 148 valence electrons. The number of carbonyl (C=O) groups is 2. The van der Waals surface area contributed by atoms with Crippen molar-refractivity contribution in [3.63, 3.8) is 0 Å². The molecule has 0 unspecified atom stereocenters. The summed E-state index contributed by atoms with van der Waals surface area (Å²) in [7, 11) is 1.28. The fourth-order valence-electron chi connectivity index (χ4n) is 3.21. The number of nitrogens with one attached hydrogen (secondary N) is 1. The third-order valence-electron chi connectivity index (χ3n) is 4.67. The second-order valence-electron chi connectivity index (χ2n) is 6.57. The zero-order chi connectivity index (χ0) is 21.1. The van der Waals surface area contributed by atoms with Crippen LogP contribution in [0.3, 0.4) is 0 Å². The SMILES string of the molecule is COC(=O)c1cc(Cl)ccc1NC(=O)c1cc(-c2ccccc2)nc2ccccc12. The summed E-state index contributed by atoms with van der Waals surface area (Å²) in [6.07, 6.45) is 0. The fraction of sp³-hybridized carbons (Fsp3) is 0.0417. The van der Waals surface area contributed by atoms with Crippen LogP contribution in [0.2, 0.25) is 5.02 Å². The number of aromatic nitrogens is 1. The first-order chi connectivity index (χ1) is 14.6. The van der Waals surface area contributed by atoms with Crippen molar-refractivity contribution in [2.45, 2.75) is 0 Å². The highest BCUT2D eigenvalue weighted by Gasteiger charge is 2.18. The van der Waals surface area contributed by atoms with Crippen LogP contribution in [0.15, 0.2) is 78.9 Å². The molecule has 5 nitrogen and oxygen atoms in total. The quantitative estimate of drug-likeness (QED) is 0.440. The van der Waals surface area contributed by atoms with Gasteiger partial charge in [0.25, 0.3) is 5.91 Å². The van der Waals surface area contributed by atoms with Crippen LogP contribution in [-0.2, 0) is 4.74 Å². The lowest BCUT2D eigenvalue weighted by Gasteiger charge is -2.13. The highest BCUT2D eigenvalue weighted by molar-refractivity contribution is 6.31. The molecule has 1 N–H and O–H groups in total. The van der Waals surface area contributed by atoms with E-state index in [2.05, 4.69) is 5.32 Å². The smallest absolute Gasteiger partial charge is 0.340 e. The number of ether oxygens (including phenoxy) is 1. The van der Waals surface area contributed by atoms with Crippen LogP contribution in [0.1, 0.15) is 20.7 Å². The number of halogens is 1. The van der Waals surface area contributed by atoms with Crippen molar-refractivity contribution in [2.24, 2.45) is 0 Å². The van der Waals surface area contributed by atoms with Crippen molar-refractivity contribution >= 4 is 40.1 Å². The van der Waals surface area contributed by atoms with E-state index < -0.39 is 5.97 Å². The lowest BCUT2D eigenvalue weighted by molar-refractivity contribution is 0.0602. The van der Waals surface area contributed by atoms with E-state index in [0.29, 0.717) is 32.9 Å². The summed E-state index contributed by atoms with van der Waals surface area (Å²) in [5.41, 5.74) is 3.24. The first-order valence-corrected chi connectivity index (χ1v) is 9.59. The Morgan fingerprint density at radius 3 is 2.40 bits per heavy atom. The largest absolute Gasteiger partial charge is 0.465 e. The van der Waals surface area contributed by atoms with Gasteiger partial charge in [-0.25, -0.2) is 9.78 Å². The number of esters is 1. The van der Waals surface area contributed by atoms with E-state index in [1.165, 1.54) is 13.2 Å². The molecule has 0 bridgehead atoms. The second kappa shape index (κ2) is 8.35. The van der Waals surface area contributed by atoms with Crippen molar-refractivity contribution in [2.75, 3.05) is 12.4 Å². The number of hydrogen-bond donors (Lipinski definition) is 1. The minimum absolute atomic E-state index is 0.181. The average molecular weight is 417 g/mol. The summed E-state index contributed by atoms with van der Waals surface area (Å²) in [5.74, 6) is -0.949. The number of benzene rings is 3. The predicted octanol–water partition coefficient (Wildman–Crippen LogP) is 5.59.